The second-order valence-electron chi connectivity index (χ2n) is 5.29. The minimum Gasteiger partial charge on any atom is -0.260 e. The van der Waals surface area contributed by atoms with Gasteiger partial charge in [0.2, 0.25) is 0 Å². The van der Waals surface area contributed by atoms with E-state index in [9.17, 15) is 12.8 Å². The minimum absolute atomic E-state index is 0.00515. The Morgan fingerprint density at radius 2 is 1.62 bits per heavy atom. The van der Waals surface area contributed by atoms with E-state index in [0.29, 0.717) is 0 Å². The molecule has 3 aromatic rings. The topological polar surface area (TPSA) is 37.4 Å². The van der Waals surface area contributed by atoms with Crippen LogP contribution >= 0.6 is 0 Å². The molecule has 0 N–H and O–H groups in total. The van der Waals surface area contributed by atoms with Crippen molar-refractivity contribution in [1.82, 2.24) is 0 Å². The zero-order valence-electron chi connectivity index (χ0n) is 12.9. The van der Waals surface area contributed by atoms with Gasteiger partial charge >= 0.3 is 0 Å². The summed E-state index contributed by atoms with van der Waals surface area (Å²) in [6.45, 7) is 3.57. The van der Waals surface area contributed by atoms with Gasteiger partial charge in [0.05, 0.1) is 17.1 Å². The Morgan fingerprint density at radius 3 is 2.33 bits per heavy atom. The van der Waals surface area contributed by atoms with E-state index < -0.39 is 15.8 Å². The van der Waals surface area contributed by atoms with Gasteiger partial charge < -0.3 is 0 Å². The maximum absolute atomic E-state index is 14.1. The van der Waals surface area contributed by atoms with Gasteiger partial charge in [0.1, 0.15) is 5.82 Å². The second kappa shape index (κ2) is 6.45. The molecule has 0 atom stereocenters. The van der Waals surface area contributed by atoms with E-state index in [4.69, 9.17) is 0 Å². The number of rotatable bonds is 5. The molecule has 0 aliphatic carbocycles. The number of anilines is 1. The molecule has 0 unspecified atom stereocenters. The minimum atomic E-state index is -3.91. The van der Waals surface area contributed by atoms with Gasteiger partial charge in [0.25, 0.3) is 10.0 Å². The van der Waals surface area contributed by atoms with Crippen molar-refractivity contribution in [1.29, 1.82) is 0 Å². The number of halogens is 1. The van der Waals surface area contributed by atoms with Gasteiger partial charge in [-0.2, -0.15) is 0 Å². The fourth-order valence-corrected chi connectivity index (χ4v) is 4.03. The summed E-state index contributed by atoms with van der Waals surface area (Å²) >= 11 is 0. The van der Waals surface area contributed by atoms with E-state index in [1.54, 1.807) is 18.2 Å². The zero-order chi connectivity index (χ0) is 17.2. The van der Waals surface area contributed by atoms with Crippen molar-refractivity contribution in [3.63, 3.8) is 0 Å². The monoisotopic (exact) mass is 341 g/mol. The highest BCUT2D eigenvalue weighted by Gasteiger charge is 2.26. The molecular weight excluding hydrogens is 325 g/mol. The van der Waals surface area contributed by atoms with Crippen LogP contribution in [0.1, 0.15) is 0 Å². The third-order valence-electron chi connectivity index (χ3n) is 3.72. The van der Waals surface area contributed by atoms with Gasteiger partial charge in [-0.3, -0.25) is 4.31 Å². The maximum atomic E-state index is 14.1. The standard InChI is InChI=1S/C19H16FNO2S/c1-2-13-21(19-10-6-5-9-18(19)20)24(22,23)17-12-11-15-7-3-4-8-16(15)14-17/h2-12,14H,1,13H2. The van der Waals surface area contributed by atoms with E-state index in [1.165, 1.54) is 30.3 Å². The van der Waals surface area contributed by atoms with Crippen molar-refractivity contribution in [3.8, 4) is 0 Å². The average Bonchev–Trinajstić information content (AvgIpc) is 2.60. The molecular formula is C19H16FNO2S. The fraction of sp³-hybridized carbons (Fsp3) is 0.0526. The van der Waals surface area contributed by atoms with E-state index in [2.05, 4.69) is 6.58 Å². The quantitative estimate of drug-likeness (QED) is 0.647. The second-order valence-corrected chi connectivity index (χ2v) is 7.15. The van der Waals surface area contributed by atoms with E-state index in [0.717, 1.165) is 15.1 Å². The van der Waals surface area contributed by atoms with Gasteiger partial charge in [0, 0.05) is 0 Å². The van der Waals surface area contributed by atoms with Gasteiger partial charge in [-0.25, -0.2) is 12.8 Å². The van der Waals surface area contributed by atoms with Crippen molar-refractivity contribution in [2.75, 3.05) is 10.8 Å². The lowest BCUT2D eigenvalue weighted by Gasteiger charge is -2.23. The van der Waals surface area contributed by atoms with Gasteiger partial charge in [-0.1, -0.05) is 48.5 Å². The summed E-state index contributed by atoms with van der Waals surface area (Å²) in [5, 5.41) is 1.75. The van der Waals surface area contributed by atoms with Gasteiger partial charge in [-0.15, -0.1) is 6.58 Å². The fourth-order valence-electron chi connectivity index (χ4n) is 2.55. The summed E-state index contributed by atoms with van der Waals surface area (Å²) in [7, 11) is -3.91. The largest absolute Gasteiger partial charge is 0.264 e. The molecule has 0 aliphatic rings. The number of benzene rings is 3. The van der Waals surface area contributed by atoms with Crippen LogP contribution in [-0.2, 0) is 10.0 Å². The van der Waals surface area contributed by atoms with Crippen LogP contribution in [0.4, 0.5) is 10.1 Å². The Labute approximate surface area is 140 Å². The third-order valence-corrected chi connectivity index (χ3v) is 5.50. The first kappa shape index (κ1) is 16.2. The van der Waals surface area contributed by atoms with Crippen LogP contribution in [0.25, 0.3) is 10.8 Å². The third kappa shape index (κ3) is 2.90. The van der Waals surface area contributed by atoms with Crippen LogP contribution in [0.15, 0.2) is 84.3 Å². The molecule has 0 bridgehead atoms. The molecule has 0 radical (unpaired) electrons. The number of hydrogen-bond donors (Lipinski definition) is 0. The smallest absolute Gasteiger partial charge is 0.260 e. The van der Waals surface area contributed by atoms with Crippen molar-refractivity contribution in [3.05, 3.63) is 85.2 Å². The summed E-state index contributed by atoms with van der Waals surface area (Å²) in [5.41, 5.74) is 0.00515. The first-order valence-corrected chi connectivity index (χ1v) is 8.85. The molecule has 24 heavy (non-hydrogen) atoms. The number of fused-ring (bicyclic) bond motifs is 1. The van der Waals surface area contributed by atoms with Crippen molar-refractivity contribution in [2.24, 2.45) is 0 Å². The predicted molar refractivity (Wildman–Crippen MR) is 95.1 cm³/mol. The molecule has 0 spiro atoms. The molecule has 5 heteroatoms. The lowest BCUT2D eigenvalue weighted by Crippen LogP contribution is -2.31. The normalized spacial score (nSPS) is 11.4. The summed E-state index contributed by atoms with van der Waals surface area (Å²) in [4.78, 5) is 0.117. The Morgan fingerprint density at radius 1 is 0.958 bits per heavy atom. The summed E-state index contributed by atoms with van der Waals surface area (Å²) < 4.78 is 41.2. The first-order valence-electron chi connectivity index (χ1n) is 7.41. The summed E-state index contributed by atoms with van der Waals surface area (Å²) in [6.07, 6.45) is 1.44. The highest BCUT2D eigenvalue weighted by atomic mass is 32.2. The van der Waals surface area contributed by atoms with Crippen LogP contribution in [0, 0.1) is 5.82 Å². The van der Waals surface area contributed by atoms with E-state index >= 15 is 0 Å². The molecule has 0 amide bonds. The molecule has 3 nitrogen and oxygen atoms in total. The molecule has 3 aromatic carbocycles. The van der Waals surface area contributed by atoms with Crippen LogP contribution in [-0.4, -0.2) is 15.0 Å². The molecule has 0 heterocycles. The number of hydrogen-bond acceptors (Lipinski definition) is 2. The van der Waals surface area contributed by atoms with Crippen LogP contribution in [0.3, 0.4) is 0 Å². The highest BCUT2D eigenvalue weighted by molar-refractivity contribution is 7.92. The van der Waals surface area contributed by atoms with Crippen molar-refractivity contribution < 1.29 is 12.8 Å². The molecule has 0 saturated heterocycles. The van der Waals surface area contributed by atoms with Crippen molar-refractivity contribution in [2.45, 2.75) is 4.90 Å². The number of nitrogens with zero attached hydrogens (tertiary/aromatic N) is 1. The Hall–Kier alpha value is -2.66. The van der Waals surface area contributed by atoms with Crippen LogP contribution < -0.4 is 4.31 Å². The molecule has 0 saturated carbocycles. The van der Waals surface area contributed by atoms with Crippen LogP contribution in [0.5, 0.6) is 0 Å². The number of sulfonamides is 1. The first-order chi connectivity index (χ1) is 11.5. The Kier molecular flexibility index (Phi) is 4.36. The molecule has 0 aromatic heterocycles. The maximum Gasteiger partial charge on any atom is 0.264 e. The lowest BCUT2D eigenvalue weighted by atomic mass is 10.1. The van der Waals surface area contributed by atoms with E-state index in [1.807, 2.05) is 24.3 Å². The average molecular weight is 341 g/mol. The Balaban J connectivity index is 2.14. The Bertz CT molecular complexity index is 999. The highest BCUT2D eigenvalue weighted by Crippen LogP contribution is 2.28. The summed E-state index contributed by atoms with van der Waals surface area (Å²) in [5.74, 6) is -0.594. The zero-order valence-corrected chi connectivity index (χ0v) is 13.7. The summed E-state index contributed by atoms with van der Waals surface area (Å²) in [6, 6.07) is 18.2. The van der Waals surface area contributed by atoms with Gasteiger partial charge in [0.15, 0.2) is 0 Å². The van der Waals surface area contributed by atoms with Crippen molar-refractivity contribution >= 4 is 26.5 Å². The van der Waals surface area contributed by atoms with Crippen LogP contribution in [0.2, 0.25) is 0 Å². The molecule has 0 aliphatic heterocycles. The molecule has 0 fully saturated rings. The van der Waals surface area contributed by atoms with Gasteiger partial charge in [-0.05, 0) is 35.0 Å². The van der Waals surface area contributed by atoms with E-state index in [-0.39, 0.29) is 17.1 Å². The predicted octanol–water partition coefficient (Wildman–Crippen LogP) is 4.36. The lowest BCUT2D eigenvalue weighted by molar-refractivity contribution is 0.588. The molecule has 3 rings (SSSR count). The SMILES string of the molecule is C=CCN(c1ccccc1F)S(=O)(=O)c1ccc2ccccc2c1. The number of para-hydroxylation sites is 1. The molecule has 122 valence electrons.